The first kappa shape index (κ1) is 11.8. The Kier molecular flexibility index (Phi) is 4.36. The minimum Gasteiger partial charge on any atom is -0.497 e. The molecule has 1 rings (SSSR count). The summed E-state index contributed by atoms with van der Waals surface area (Å²) in [7, 11) is 3.12. The standard InChI is InChI=1S/C10H16N2O3/c1-11(13)7-8-12(14)9-3-5-10(15-2)6-4-9/h3-6,13-14H,7-8H2,1-2H3. The zero-order valence-electron chi connectivity index (χ0n) is 8.92. The summed E-state index contributed by atoms with van der Waals surface area (Å²) in [6.07, 6.45) is 0. The molecule has 5 heteroatoms. The van der Waals surface area contributed by atoms with E-state index in [1.807, 2.05) is 0 Å². The first-order chi connectivity index (χ1) is 7.13. The van der Waals surface area contributed by atoms with Gasteiger partial charge >= 0.3 is 0 Å². The number of methoxy groups -OCH3 is 1. The lowest BCUT2D eigenvalue weighted by Crippen LogP contribution is -2.29. The Hall–Kier alpha value is -1.30. The highest BCUT2D eigenvalue weighted by Gasteiger charge is 2.03. The van der Waals surface area contributed by atoms with Crippen molar-refractivity contribution in [3.8, 4) is 5.75 Å². The predicted molar refractivity (Wildman–Crippen MR) is 56.5 cm³/mol. The van der Waals surface area contributed by atoms with Crippen molar-refractivity contribution in [1.82, 2.24) is 5.06 Å². The van der Waals surface area contributed by atoms with E-state index in [4.69, 9.17) is 9.94 Å². The van der Waals surface area contributed by atoms with Gasteiger partial charge in [-0.2, -0.15) is 5.06 Å². The van der Waals surface area contributed by atoms with E-state index in [0.29, 0.717) is 18.8 Å². The number of hydroxylamine groups is 3. The second-order valence-corrected chi connectivity index (χ2v) is 3.20. The molecule has 5 nitrogen and oxygen atoms in total. The van der Waals surface area contributed by atoms with Crippen LogP contribution in [0.4, 0.5) is 5.69 Å². The highest BCUT2D eigenvalue weighted by Crippen LogP contribution is 2.17. The minimum atomic E-state index is 0.333. The van der Waals surface area contributed by atoms with Gasteiger partial charge in [0.25, 0.3) is 0 Å². The van der Waals surface area contributed by atoms with E-state index in [0.717, 1.165) is 15.9 Å². The summed E-state index contributed by atoms with van der Waals surface area (Å²) in [5.74, 6) is 0.742. The van der Waals surface area contributed by atoms with Gasteiger partial charge in [0.1, 0.15) is 5.75 Å². The number of anilines is 1. The summed E-state index contributed by atoms with van der Waals surface area (Å²) in [5.41, 5.74) is 0.664. The van der Waals surface area contributed by atoms with E-state index in [9.17, 15) is 5.21 Å². The molecule has 0 atom stereocenters. The van der Waals surface area contributed by atoms with Crippen LogP contribution in [0.1, 0.15) is 0 Å². The van der Waals surface area contributed by atoms with Crippen LogP contribution in [0.5, 0.6) is 5.75 Å². The van der Waals surface area contributed by atoms with Crippen LogP contribution in [-0.2, 0) is 0 Å². The summed E-state index contributed by atoms with van der Waals surface area (Å²) in [6, 6.07) is 7.02. The van der Waals surface area contributed by atoms with Crippen molar-refractivity contribution in [2.75, 3.05) is 32.3 Å². The third-order valence-electron chi connectivity index (χ3n) is 2.01. The molecule has 0 fully saturated rings. The maximum atomic E-state index is 9.59. The fourth-order valence-corrected chi connectivity index (χ4v) is 1.12. The molecule has 0 aliphatic rings. The Labute approximate surface area is 89.0 Å². The molecule has 0 saturated carbocycles. The molecule has 84 valence electrons. The van der Waals surface area contributed by atoms with Gasteiger partial charge in [0.05, 0.1) is 19.3 Å². The van der Waals surface area contributed by atoms with E-state index in [1.165, 1.54) is 7.05 Å². The lowest BCUT2D eigenvalue weighted by atomic mass is 10.3. The number of ether oxygens (including phenoxy) is 1. The Morgan fingerprint density at radius 2 is 1.73 bits per heavy atom. The fraction of sp³-hybridized carbons (Fsp3) is 0.400. The minimum absolute atomic E-state index is 0.333. The molecule has 2 N–H and O–H groups in total. The lowest BCUT2D eigenvalue weighted by Gasteiger charge is -2.18. The van der Waals surface area contributed by atoms with E-state index in [2.05, 4.69) is 0 Å². The van der Waals surface area contributed by atoms with Gasteiger partial charge in [-0.15, -0.1) is 0 Å². The number of nitrogens with zero attached hydrogens (tertiary/aromatic N) is 2. The molecule has 0 aliphatic heterocycles. The zero-order chi connectivity index (χ0) is 11.3. The maximum absolute atomic E-state index is 9.59. The lowest BCUT2D eigenvalue weighted by molar-refractivity contribution is -0.0647. The highest BCUT2D eigenvalue weighted by molar-refractivity contribution is 5.46. The topological polar surface area (TPSA) is 56.2 Å². The number of hydrogen-bond acceptors (Lipinski definition) is 5. The Morgan fingerprint density at radius 1 is 1.13 bits per heavy atom. The molecule has 0 aromatic heterocycles. The first-order valence-electron chi connectivity index (χ1n) is 4.64. The Balaban J connectivity index is 2.54. The van der Waals surface area contributed by atoms with Crippen molar-refractivity contribution in [3.05, 3.63) is 24.3 Å². The molecule has 1 aromatic carbocycles. The molecule has 15 heavy (non-hydrogen) atoms. The second-order valence-electron chi connectivity index (χ2n) is 3.20. The largest absolute Gasteiger partial charge is 0.497 e. The van der Waals surface area contributed by atoms with Crippen molar-refractivity contribution in [1.29, 1.82) is 0 Å². The van der Waals surface area contributed by atoms with Gasteiger partial charge in [0, 0.05) is 13.6 Å². The number of benzene rings is 1. The van der Waals surface area contributed by atoms with E-state index in [-0.39, 0.29) is 0 Å². The SMILES string of the molecule is COc1ccc(N(O)CCN(C)O)cc1. The highest BCUT2D eigenvalue weighted by atomic mass is 16.5. The average Bonchev–Trinajstić information content (AvgIpc) is 2.26. The van der Waals surface area contributed by atoms with Crippen molar-refractivity contribution >= 4 is 5.69 Å². The summed E-state index contributed by atoms with van der Waals surface area (Å²) in [6.45, 7) is 0.696. The van der Waals surface area contributed by atoms with Crippen LogP contribution in [0.15, 0.2) is 24.3 Å². The van der Waals surface area contributed by atoms with Crippen molar-refractivity contribution in [2.24, 2.45) is 0 Å². The monoisotopic (exact) mass is 212 g/mol. The second kappa shape index (κ2) is 5.55. The molecule has 0 aliphatic carbocycles. The molecule has 0 bridgehead atoms. The van der Waals surface area contributed by atoms with Crippen molar-refractivity contribution in [3.63, 3.8) is 0 Å². The number of hydrogen-bond donors (Lipinski definition) is 2. The molecule has 1 aromatic rings. The summed E-state index contributed by atoms with van der Waals surface area (Å²) < 4.78 is 5.00. The van der Waals surface area contributed by atoms with Crippen LogP contribution in [0.2, 0.25) is 0 Å². The van der Waals surface area contributed by atoms with Crippen LogP contribution in [0, 0.1) is 0 Å². The normalized spacial score (nSPS) is 10.5. The van der Waals surface area contributed by atoms with Crippen molar-refractivity contribution < 1.29 is 15.2 Å². The van der Waals surface area contributed by atoms with Crippen LogP contribution >= 0.6 is 0 Å². The predicted octanol–water partition coefficient (Wildman–Crippen LogP) is 1.21. The van der Waals surface area contributed by atoms with Gasteiger partial charge in [-0.25, -0.2) is 0 Å². The zero-order valence-corrected chi connectivity index (χ0v) is 8.92. The van der Waals surface area contributed by atoms with Gasteiger partial charge in [0.15, 0.2) is 0 Å². The number of likely N-dealkylation sites (N-methyl/N-ethyl adjacent to an activating group) is 1. The summed E-state index contributed by atoms with van der Waals surface area (Å²) >= 11 is 0. The summed E-state index contributed by atoms with van der Waals surface area (Å²) in [5, 5.41) is 20.6. The fourth-order valence-electron chi connectivity index (χ4n) is 1.12. The first-order valence-corrected chi connectivity index (χ1v) is 4.64. The Bertz CT molecular complexity index is 287. The number of rotatable bonds is 5. The van der Waals surface area contributed by atoms with Crippen LogP contribution in [-0.4, -0.2) is 42.7 Å². The third-order valence-corrected chi connectivity index (χ3v) is 2.01. The van der Waals surface area contributed by atoms with E-state index < -0.39 is 0 Å². The van der Waals surface area contributed by atoms with Gasteiger partial charge in [0.2, 0.25) is 0 Å². The van der Waals surface area contributed by atoms with Gasteiger partial charge in [-0.3, -0.25) is 10.3 Å². The molecule has 0 saturated heterocycles. The third kappa shape index (κ3) is 3.75. The van der Waals surface area contributed by atoms with Crippen molar-refractivity contribution in [2.45, 2.75) is 0 Å². The van der Waals surface area contributed by atoms with Crippen LogP contribution in [0.3, 0.4) is 0 Å². The molecule has 0 radical (unpaired) electrons. The van der Waals surface area contributed by atoms with E-state index >= 15 is 0 Å². The van der Waals surface area contributed by atoms with Gasteiger partial charge < -0.3 is 9.94 Å². The van der Waals surface area contributed by atoms with Crippen LogP contribution in [0.25, 0.3) is 0 Å². The Morgan fingerprint density at radius 3 is 2.20 bits per heavy atom. The maximum Gasteiger partial charge on any atom is 0.119 e. The molecule has 0 unspecified atom stereocenters. The molecular weight excluding hydrogens is 196 g/mol. The van der Waals surface area contributed by atoms with Gasteiger partial charge in [-0.05, 0) is 24.3 Å². The smallest absolute Gasteiger partial charge is 0.119 e. The van der Waals surface area contributed by atoms with Crippen LogP contribution < -0.4 is 9.80 Å². The molecule has 0 heterocycles. The molecule has 0 amide bonds. The molecule has 0 spiro atoms. The average molecular weight is 212 g/mol. The van der Waals surface area contributed by atoms with E-state index in [1.54, 1.807) is 31.4 Å². The van der Waals surface area contributed by atoms with Gasteiger partial charge in [-0.1, -0.05) is 0 Å². The quantitative estimate of drug-likeness (QED) is 0.718. The summed E-state index contributed by atoms with van der Waals surface area (Å²) in [4.78, 5) is 0. The molecular formula is C10H16N2O3.